The van der Waals surface area contributed by atoms with Gasteiger partial charge in [0, 0.05) is 37.3 Å². The highest BCUT2D eigenvalue weighted by atomic mass is 32.2. The van der Waals surface area contributed by atoms with Crippen LogP contribution >= 0.6 is 11.8 Å². The average Bonchev–Trinajstić information content (AvgIpc) is 3.06. The van der Waals surface area contributed by atoms with Gasteiger partial charge in [0.2, 0.25) is 5.16 Å². The molecule has 20 heavy (non-hydrogen) atoms. The first-order valence-electron chi connectivity index (χ1n) is 6.84. The monoisotopic (exact) mass is 295 g/mol. The van der Waals surface area contributed by atoms with Crippen molar-refractivity contribution >= 4 is 11.8 Å². The van der Waals surface area contributed by atoms with Crippen LogP contribution in [-0.4, -0.2) is 48.1 Å². The Morgan fingerprint density at radius 2 is 2.25 bits per heavy atom. The molecule has 0 amide bonds. The average molecular weight is 295 g/mol. The summed E-state index contributed by atoms with van der Waals surface area (Å²) in [4.78, 5) is 4.03. The molecule has 0 bridgehead atoms. The van der Waals surface area contributed by atoms with Crippen LogP contribution in [0.3, 0.4) is 0 Å². The first kappa shape index (κ1) is 15.0. The minimum atomic E-state index is 0.484. The van der Waals surface area contributed by atoms with Gasteiger partial charge in [-0.15, -0.1) is 5.10 Å². The highest BCUT2D eigenvalue weighted by Gasteiger charge is 2.06. The van der Waals surface area contributed by atoms with Crippen molar-refractivity contribution in [1.82, 2.24) is 35.1 Å². The van der Waals surface area contributed by atoms with E-state index >= 15 is 0 Å². The summed E-state index contributed by atoms with van der Waals surface area (Å²) >= 11 is 1.70. The summed E-state index contributed by atoms with van der Waals surface area (Å²) in [5, 5.41) is 16.1. The van der Waals surface area contributed by atoms with Crippen molar-refractivity contribution in [2.75, 3.05) is 12.3 Å². The molecule has 0 aromatic carbocycles. The van der Waals surface area contributed by atoms with E-state index in [1.165, 1.54) is 0 Å². The fourth-order valence-electron chi connectivity index (χ4n) is 1.73. The number of nitrogens with one attached hydrogen (secondary N) is 1. The number of nitrogens with zero attached hydrogens (tertiary/aromatic N) is 6. The van der Waals surface area contributed by atoms with E-state index in [1.807, 2.05) is 17.2 Å². The minimum Gasteiger partial charge on any atom is -0.337 e. The Morgan fingerprint density at radius 1 is 1.35 bits per heavy atom. The van der Waals surface area contributed by atoms with Gasteiger partial charge in [0.1, 0.15) is 0 Å². The maximum atomic E-state index is 4.07. The number of tetrazole rings is 1. The lowest BCUT2D eigenvalue weighted by Crippen LogP contribution is -2.27. The smallest absolute Gasteiger partial charge is 0.209 e. The zero-order valence-corrected chi connectivity index (χ0v) is 12.8. The molecule has 2 aromatic heterocycles. The molecule has 0 aliphatic rings. The molecule has 8 heteroatoms. The maximum absolute atomic E-state index is 4.07. The van der Waals surface area contributed by atoms with Crippen LogP contribution in [0.1, 0.15) is 20.3 Å². The summed E-state index contributed by atoms with van der Waals surface area (Å²) in [5.41, 5.74) is 0. The molecule has 0 aliphatic carbocycles. The van der Waals surface area contributed by atoms with E-state index in [1.54, 1.807) is 18.0 Å². The second-order valence-corrected chi connectivity index (χ2v) is 5.86. The second kappa shape index (κ2) is 8.01. The lowest BCUT2D eigenvalue weighted by Gasteiger charge is -2.08. The SMILES string of the molecule is CC(C)NCCn1nnnc1SCCCn1ccnc1. The Morgan fingerprint density at radius 3 is 3.00 bits per heavy atom. The van der Waals surface area contributed by atoms with Crippen LogP contribution in [0.15, 0.2) is 23.9 Å². The molecule has 0 saturated heterocycles. The van der Waals surface area contributed by atoms with Crippen molar-refractivity contribution in [2.24, 2.45) is 0 Å². The number of rotatable bonds is 9. The first-order chi connectivity index (χ1) is 9.75. The standard InChI is InChI=1S/C12H21N7S/c1-11(2)14-5-8-19-12(15-16-17-19)20-9-3-6-18-7-4-13-10-18/h4,7,10-11,14H,3,5-6,8-9H2,1-2H3. The lowest BCUT2D eigenvalue weighted by atomic mass is 10.4. The van der Waals surface area contributed by atoms with E-state index in [0.29, 0.717) is 6.04 Å². The molecular formula is C12H21N7S. The summed E-state index contributed by atoms with van der Waals surface area (Å²) in [6.07, 6.45) is 6.69. The zero-order chi connectivity index (χ0) is 14.2. The molecule has 1 N–H and O–H groups in total. The van der Waals surface area contributed by atoms with Gasteiger partial charge in [0.05, 0.1) is 12.9 Å². The van der Waals surface area contributed by atoms with Gasteiger partial charge < -0.3 is 9.88 Å². The Balaban J connectivity index is 1.68. The number of aromatic nitrogens is 6. The van der Waals surface area contributed by atoms with Crippen molar-refractivity contribution in [3.63, 3.8) is 0 Å². The molecule has 2 rings (SSSR count). The largest absolute Gasteiger partial charge is 0.337 e. The van der Waals surface area contributed by atoms with Crippen LogP contribution in [0, 0.1) is 0 Å². The molecule has 0 spiro atoms. The van der Waals surface area contributed by atoms with Gasteiger partial charge in [0.25, 0.3) is 0 Å². The third kappa shape index (κ3) is 4.93. The fraction of sp³-hybridized carbons (Fsp3) is 0.667. The van der Waals surface area contributed by atoms with Gasteiger partial charge in [-0.05, 0) is 16.8 Å². The Bertz CT molecular complexity index is 480. The highest BCUT2D eigenvalue weighted by molar-refractivity contribution is 7.99. The number of hydrogen-bond acceptors (Lipinski definition) is 6. The number of hydrogen-bond donors (Lipinski definition) is 1. The van der Waals surface area contributed by atoms with Crippen LogP contribution in [0.2, 0.25) is 0 Å². The fourth-order valence-corrected chi connectivity index (χ4v) is 2.56. The predicted molar refractivity (Wildman–Crippen MR) is 78.5 cm³/mol. The molecule has 0 saturated carbocycles. The Labute approximate surface area is 123 Å². The summed E-state index contributed by atoms with van der Waals surface area (Å²) in [6.45, 7) is 6.92. The third-order valence-corrected chi connectivity index (χ3v) is 3.77. The summed E-state index contributed by atoms with van der Waals surface area (Å²) in [6, 6.07) is 0.484. The van der Waals surface area contributed by atoms with Gasteiger partial charge in [-0.1, -0.05) is 25.6 Å². The Hall–Kier alpha value is -1.41. The molecule has 110 valence electrons. The molecule has 0 radical (unpaired) electrons. The number of imidazole rings is 1. The van der Waals surface area contributed by atoms with E-state index in [4.69, 9.17) is 0 Å². The van der Waals surface area contributed by atoms with E-state index < -0.39 is 0 Å². The summed E-state index contributed by atoms with van der Waals surface area (Å²) in [5.74, 6) is 0.996. The van der Waals surface area contributed by atoms with Crippen molar-refractivity contribution in [1.29, 1.82) is 0 Å². The predicted octanol–water partition coefficient (Wildman–Crippen LogP) is 1.05. The number of thioether (sulfide) groups is 1. The molecule has 0 unspecified atom stereocenters. The van der Waals surface area contributed by atoms with Crippen LogP contribution in [0.5, 0.6) is 0 Å². The van der Waals surface area contributed by atoms with Crippen molar-refractivity contribution in [3.05, 3.63) is 18.7 Å². The molecule has 0 atom stereocenters. The van der Waals surface area contributed by atoms with Crippen LogP contribution in [0.25, 0.3) is 0 Å². The van der Waals surface area contributed by atoms with E-state index in [0.717, 1.165) is 37.0 Å². The van der Waals surface area contributed by atoms with E-state index in [9.17, 15) is 0 Å². The van der Waals surface area contributed by atoms with Crippen LogP contribution in [-0.2, 0) is 13.1 Å². The molecule has 0 aliphatic heterocycles. The zero-order valence-electron chi connectivity index (χ0n) is 11.9. The van der Waals surface area contributed by atoms with Gasteiger partial charge in [-0.3, -0.25) is 0 Å². The topological polar surface area (TPSA) is 73.5 Å². The molecular weight excluding hydrogens is 274 g/mol. The Kier molecular flexibility index (Phi) is 6.00. The lowest BCUT2D eigenvalue weighted by molar-refractivity contribution is 0.485. The van der Waals surface area contributed by atoms with Crippen LogP contribution < -0.4 is 5.32 Å². The number of aryl methyl sites for hydroxylation is 1. The van der Waals surface area contributed by atoms with E-state index in [2.05, 4.69) is 44.2 Å². The summed E-state index contributed by atoms with van der Waals surface area (Å²) in [7, 11) is 0. The quantitative estimate of drug-likeness (QED) is 0.550. The highest BCUT2D eigenvalue weighted by Crippen LogP contribution is 2.14. The van der Waals surface area contributed by atoms with E-state index in [-0.39, 0.29) is 0 Å². The molecule has 2 aromatic rings. The first-order valence-corrected chi connectivity index (χ1v) is 7.82. The minimum absolute atomic E-state index is 0.484. The molecule has 7 nitrogen and oxygen atoms in total. The van der Waals surface area contributed by atoms with Crippen molar-refractivity contribution in [2.45, 2.75) is 44.6 Å². The molecule has 2 heterocycles. The maximum Gasteiger partial charge on any atom is 0.209 e. The van der Waals surface area contributed by atoms with Crippen LogP contribution in [0.4, 0.5) is 0 Å². The summed E-state index contributed by atoms with van der Waals surface area (Å²) < 4.78 is 3.94. The van der Waals surface area contributed by atoms with Crippen molar-refractivity contribution < 1.29 is 0 Å². The van der Waals surface area contributed by atoms with Gasteiger partial charge in [-0.2, -0.15) is 0 Å². The third-order valence-electron chi connectivity index (χ3n) is 2.73. The van der Waals surface area contributed by atoms with Crippen molar-refractivity contribution in [3.8, 4) is 0 Å². The normalized spacial score (nSPS) is 11.3. The second-order valence-electron chi connectivity index (χ2n) is 4.80. The molecule has 0 fully saturated rings. The van der Waals surface area contributed by atoms with Gasteiger partial charge >= 0.3 is 0 Å². The van der Waals surface area contributed by atoms with Gasteiger partial charge in [-0.25, -0.2) is 9.67 Å². The van der Waals surface area contributed by atoms with Gasteiger partial charge in [0.15, 0.2) is 0 Å².